The number of halogens is 1. The van der Waals surface area contributed by atoms with Gasteiger partial charge in [-0.2, -0.15) is 0 Å². The molecule has 0 aliphatic heterocycles. The van der Waals surface area contributed by atoms with Crippen LogP contribution >= 0.6 is 0 Å². The lowest BCUT2D eigenvalue weighted by Gasteiger charge is -1.95. The van der Waals surface area contributed by atoms with Gasteiger partial charge in [-0.05, 0) is 30.5 Å². The molecule has 0 saturated heterocycles. The van der Waals surface area contributed by atoms with Crippen LogP contribution in [0.5, 0.6) is 0 Å². The second-order valence-electron chi connectivity index (χ2n) is 3.24. The number of hydrogen-bond acceptors (Lipinski definition) is 1. The lowest BCUT2D eigenvalue weighted by molar-refractivity contribution is -0.136. The van der Waals surface area contributed by atoms with Gasteiger partial charge in [-0.1, -0.05) is 24.3 Å². The molecule has 80 valence electrons. The smallest absolute Gasteiger partial charge is 0.303 e. The Labute approximate surface area is 88.1 Å². The molecule has 15 heavy (non-hydrogen) atoms. The second kappa shape index (κ2) is 5.96. The van der Waals surface area contributed by atoms with Gasteiger partial charge in [-0.3, -0.25) is 4.79 Å². The molecular weight excluding hydrogens is 195 g/mol. The Morgan fingerprint density at radius 2 is 2.20 bits per heavy atom. The van der Waals surface area contributed by atoms with E-state index >= 15 is 0 Å². The molecule has 0 radical (unpaired) electrons. The van der Waals surface area contributed by atoms with E-state index in [9.17, 15) is 9.18 Å². The van der Waals surface area contributed by atoms with Crippen LogP contribution in [0.4, 0.5) is 4.39 Å². The number of carboxylic acid groups (broad SMARTS) is 1. The van der Waals surface area contributed by atoms with E-state index in [1.165, 1.54) is 12.1 Å². The maximum absolute atomic E-state index is 12.7. The van der Waals surface area contributed by atoms with Crippen LogP contribution in [0.15, 0.2) is 36.4 Å². The van der Waals surface area contributed by atoms with Gasteiger partial charge in [0.1, 0.15) is 5.82 Å². The van der Waals surface area contributed by atoms with Crippen LogP contribution in [0.1, 0.15) is 18.4 Å². The van der Waals surface area contributed by atoms with Gasteiger partial charge in [0.15, 0.2) is 0 Å². The molecule has 0 atom stereocenters. The van der Waals surface area contributed by atoms with Crippen molar-refractivity contribution in [2.75, 3.05) is 0 Å². The number of benzene rings is 1. The summed E-state index contributed by atoms with van der Waals surface area (Å²) in [4.78, 5) is 10.2. The normalized spacial score (nSPS) is 10.7. The Morgan fingerprint density at radius 3 is 2.87 bits per heavy atom. The van der Waals surface area contributed by atoms with Crippen LogP contribution in [0.2, 0.25) is 0 Å². The van der Waals surface area contributed by atoms with E-state index in [1.54, 1.807) is 12.1 Å². The first-order valence-electron chi connectivity index (χ1n) is 4.80. The quantitative estimate of drug-likeness (QED) is 0.755. The lowest BCUT2D eigenvalue weighted by Crippen LogP contribution is -1.91. The molecule has 0 bridgehead atoms. The van der Waals surface area contributed by atoms with E-state index in [2.05, 4.69) is 0 Å². The van der Waals surface area contributed by atoms with Crippen LogP contribution < -0.4 is 0 Å². The summed E-state index contributed by atoms with van der Waals surface area (Å²) in [5, 5.41) is 8.38. The van der Waals surface area contributed by atoms with E-state index in [-0.39, 0.29) is 12.2 Å². The molecule has 0 aliphatic rings. The molecule has 0 aliphatic carbocycles. The molecule has 0 unspecified atom stereocenters. The van der Waals surface area contributed by atoms with Crippen molar-refractivity contribution in [3.8, 4) is 0 Å². The van der Waals surface area contributed by atoms with Crippen molar-refractivity contribution in [1.29, 1.82) is 0 Å². The first kappa shape index (κ1) is 11.4. The highest BCUT2D eigenvalue weighted by Crippen LogP contribution is 2.05. The average molecular weight is 208 g/mol. The molecule has 1 N–H and O–H groups in total. The first-order valence-corrected chi connectivity index (χ1v) is 4.80. The van der Waals surface area contributed by atoms with Crippen molar-refractivity contribution in [3.05, 3.63) is 47.8 Å². The van der Waals surface area contributed by atoms with Crippen molar-refractivity contribution in [3.63, 3.8) is 0 Å². The maximum atomic E-state index is 12.7. The molecule has 0 amide bonds. The van der Waals surface area contributed by atoms with Gasteiger partial charge < -0.3 is 5.11 Å². The predicted molar refractivity (Wildman–Crippen MR) is 56.1 cm³/mol. The Bertz CT molecular complexity index is 358. The molecule has 0 spiro atoms. The topological polar surface area (TPSA) is 37.3 Å². The van der Waals surface area contributed by atoms with Gasteiger partial charge in [0.05, 0.1) is 0 Å². The second-order valence-corrected chi connectivity index (χ2v) is 3.24. The molecule has 0 saturated carbocycles. The summed E-state index contributed by atoms with van der Waals surface area (Å²) in [7, 11) is 0. The Hall–Kier alpha value is -1.64. The van der Waals surface area contributed by atoms with Gasteiger partial charge in [-0.25, -0.2) is 4.39 Å². The van der Waals surface area contributed by atoms with Gasteiger partial charge in [-0.15, -0.1) is 0 Å². The highest BCUT2D eigenvalue weighted by atomic mass is 19.1. The monoisotopic (exact) mass is 208 g/mol. The number of hydrogen-bond donors (Lipinski definition) is 1. The van der Waals surface area contributed by atoms with E-state index in [4.69, 9.17) is 5.11 Å². The predicted octanol–water partition coefficient (Wildman–Crippen LogP) is 2.79. The van der Waals surface area contributed by atoms with Gasteiger partial charge in [0.25, 0.3) is 0 Å². The zero-order valence-electron chi connectivity index (χ0n) is 8.32. The minimum atomic E-state index is -0.801. The van der Waals surface area contributed by atoms with Crippen molar-refractivity contribution in [2.24, 2.45) is 0 Å². The number of aliphatic carboxylic acids is 1. The molecule has 0 aromatic heterocycles. The maximum Gasteiger partial charge on any atom is 0.303 e. The molecule has 2 nitrogen and oxygen atoms in total. The molecule has 1 aromatic carbocycles. The third-order valence-corrected chi connectivity index (χ3v) is 1.93. The summed E-state index contributed by atoms with van der Waals surface area (Å²) in [6.45, 7) is 0. The largest absolute Gasteiger partial charge is 0.481 e. The minimum Gasteiger partial charge on any atom is -0.481 e. The van der Waals surface area contributed by atoms with Crippen molar-refractivity contribution >= 4 is 5.97 Å². The average Bonchev–Trinajstić information content (AvgIpc) is 2.17. The van der Waals surface area contributed by atoms with Gasteiger partial charge >= 0.3 is 5.97 Å². The standard InChI is InChI=1S/C12H13FO2/c13-11-7-4-6-10(9-11)5-2-1-3-8-12(14)15/h1-2,4,6-7,9H,3,5,8H2,(H,14,15)/b2-1+. The van der Waals surface area contributed by atoms with E-state index < -0.39 is 5.97 Å². The summed E-state index contributed by atoms with van der Waals surface area (Å²) in [6, 6.07) is 6.37. The molecule has 1 rings (SSSR count). The summed E-state index contributed by atoms with van der Waals surface area (Å²) < 4.78 is 12.7. The fraction of sp³-hybridized carbons (Fsp3) is 0.250. The lowest BCUT2D eigenvalue weighted by atomic mass is 10.1. The highest BCUT2D eigenvalue weighted by Gasteiger charge is 1.93. The fourth-order valence-corrected chi connectivity index (χ4v) is 1.21. The zero-order chi connectivity index (χ0) is 11.1. The Kier molecular flexibility index (Phi) is 4.54. The van der Waals surface area contributed by atoms with Gasteiger partial charge in [0, 0.05) is 6.42 Å². The number of carbonyl (C=O) groups is 1. The van der Waals surface area contributed by atoms with Crippen LogP contribution in [-0.2, 0) is 11.2 Å². The van der Waals surface area contributed by atoms with Crippen LogP contribution in [0, 0.1) is 5.82 Å². The number of rotatable bonds is 5. The van der Waals surface area contributed by atoms with Crippen molar-refractivity contribution in [2.45, 2.75) is 19.3 Å². The molecule has 3 heteroatoms. The van der Waals surface area contributed by atoms with Crippen LogP contribution in [0.25, 0.3) is 0 Å². The zero-order valence-corrected chi connectivity index (χ0v) is 8.32. The molecule has 1 aromatic rings. The van der Waals surface area contributed by atoms with Gasteiger partial charge in [0.2, 0.25) is 0 Å². The Balaban J connectivity index is 2.33. The summed E-state index contributed by atoms with van der Waals surface area (Å²) in [5.41, 5.74) is 0.890. The fourth-order valence-electron chi connectivity index (χ4n) is 1.21. The van der Waals surface area contributed by atoms with Crippen LogP contribution in [0.3, 0.4) is 0 Å². The van der Waals surface area contributed by atoms with Crippen LogP contribution in [-0.4, -0.2) is 11.1 Å². The number of allylic oxidation sites excluding steroid dienone is 2. The third kappa shape index (κ3) is 4.96. The van der Waals surface area contributed by atoms with E-state index in [0.29, 0.717) is 12.8 Å². The molecule has 0 fully saturated rings. The first-order chi connectivity index (χ1) is 7.18. The summed E-state index contributed by atoms with van der Waals surface area (Å²) in [6.07, 6.45) is 4.96. The minimum absolute atomic E-state index is 0.139. The summed E-state index contributed by atoms with van der Waals surface area (Å²) >= 11 is 0. The van der Waals surface area contributed by atoms with Crippen molar-refractivity contribution in [1.82, 2.24) is 0 Å². The SMILES string of the molecule is O=C(O)CC/C=C/Cc1cccc(F)c1. The van der Waals surface area contributed by atoms with Crippen molar-refractivity contribution < 1.29 is 14.3 Å². The van der Waals surface area contributed by atoms with E-state index in [0.717, 1.165) is 5.56 Å². The molecule has 0 heterocycles. The summed E-state index contributed by atoms with van der Waals surface area (Å²) in [5.74, 6) is -1.04. The third-order valence-electron chi connectivity index (χ3n) is 1.93. The Morgan fingerprint density at radius 1 is 1.40 bits per heavy atom. The highest BCUT2D eigenvalue weighted by molar-refractivity contribution is 5.66. The molecular formula is C12H13FO2. The number of carboxylic acids is 1. The van der Waals surface area contributed by atoms with E-state index in [1.807, 2.05) is 12.1 Å².